The summed E-state index contributed by atoms with van der Waals surface area (Å²) in [7, 11) is -3.37. The number of nitrogens with zero attached hydrogens (tertiary/aromatic N) is 1. The Morgan fingerprint density at radius 3 is 2.65 bits per heavy atom. The van der Waals surface area contributed by atoms with Crippen LogP contribution >= 0.6 is 0 Å². The first-order chi connectivity index (χ1) is 14.6. The number of hydrogen-bond donors (Lipinski definition) is 2. The summed E-state index contributed by atoms with van der Waals surface area (Å²) < 4.78 is 60.0. The number of benzene rings is 1. The number of sulfonamides is 1. The molecule has 4 aliphatic rings. The van der Waals surface area contributed by atoms with Crippen LogP contribution in [0.4, 0.5) is 8.78 Å². The van der Waals surface area contributed by atoms with E-state index in [1.807, 2.05) is 0 Å². The summed E-state index contributed by atoms with van der Waals surface area (Å²) in [4.78, 5) is 0. The first-order valence-corrected chi connectivity index (χ1v) is 12.4. The van der Waals surface area contributed by atoms with Crippen LogP contribution in [-0.2, 0) is 14.8 Å². The third-order valence-electron chi connectivity index (χ3n) is 6.99. The van der Waals surface area contributed by atoms with Crippen LogP contribution in [-0.4, -0.2) is 56.2 Å². The maximum Gasteiger partial charge on any atom is 0.211 e. The first kappa shape index (κ1) is 22.2. The summed E-state index contributed by atoms with van der Waals surface area (Å²) in [6.07, 6.45) is 6.02. The molecule has 1 heterocycles. The minimum absolute atomic E-state index is 0.0490. The maximum absolute atomic E-state index is 14.2. The topological polar surface area (TPSA) is 94.3 Å². The lowest BCUT2D eigenvalue weighted by Gasteiger charge is -2.47. The highest BCUT2D eigenvalue weighted by atomic mass is 32.2. The Balaban J connectivity index is 1.70. The molecule has 2 bridgehead atoms. The minimum Gasteiger partial charge on any atom is -0.374 e. The van der Waals surface area contributed by atoms with Crippen molar-refractivity contribution in [3.05, 3.63) is 47.0 Å². The molecule has 0 radical (unpaired) electrons. The fourth-order valence-electron chi connectivity index (χ4n) is 5.33. The van der Waals surface area contributed by atoms with Crippen LogP contribution in [0.2, 0.25) is 0 Å². The fourth-order valence-corrected chi connectivity index (χ4v) is 6.15. The molecule has 168 valence electrons. The van der Waals surface area contributed by atoms with Gasteiger partial charge in [-0.05, 0) is 55.4 Å². The van der Waals surface area contributed by atoms with Crippen molar-refractivity contribution in [2.75, 3.05) is 26.0 Å². The van der Waals surface area contributed by atoms with E-state index in [-0.39, 0.29) is 24.8 Å². The summed E-state index contributed by atoms with van der Waals surface area (Å²) in [5.41, 5.74) is -0.398. The third kappa shape index (κ3) is 3.99. The number of fused-ring (bicyclic) bond motifs is 4. The highest BCUT2D eigenvalue weighted by molar-refractivity contribution is 7.88. The molecule has 1 saturated heterocycles. The maximum atomic E-state index is 14.2. The van der Waals surface area contributed by atoms with Crippen molar-refractivity contribution in [2.45, 2.75) is 38.2 Å². The van der Waals surface area contributed by atoms with E-state index < -0.39 is 38.7 Å². The zero-order chi connectivity index (χ0) is 22.4. The number of morpholine rings is 1. The van der Waals surface area contributed by atoms with Crippen LogP contribution in [0.25, 0.3) is 0 Å². The lowest BCUT2D eigenvalue weighted by Crippen LogP contribution is -2.56. The Bertz CT molecular complexity index is 1030. The van der Waals surface area contributed by atoms with E-state index >= 15 is 0 Å². The zero-order valence-electron chi connectivity index (χ0n) is 17.5. The average molecular weight is 452 g/mol. The molecular formula is C22H27F2N3O3S. The van der Waals surface area contributed by atoms with Crippen LogP contribution in [0, 0.1) is 33.8 Å². The van der Waals surface area contributed by atoms with Crippen LogP contribution in [0.3, 0.4) is 0 Å². The molecule has 3 saturated carbocycles. The van der Waals surface area contributed by atoms with Gasteiger partial charge >= 0.3 is 0 Å². The van der Waals surface area contributed by atoms with Gasteiger partial charge in [0.25, 0.3) is 0 Å². The van der Waals surface area contributed by atoms with Crippen LogP contribution in [0.1, 0.15) is 37.7 Å². The molecule has 2 N–H and O–H groups in total. The molecule has 5 rings (SSSR count). The quantitative estimate of drug-likeness (QED) is 0.686. The van der Waals surface area contributed by atoms with Crippen LogP contribution in [0.5, 0.6) is 0 Å². The molecule has 31 heavy (non-hydrogen) atoms. The number of ether oxygens (including phenoxy) is 1. The van der Waals surface area contributed by atoms with Gasteiger partial charge in [0.15, 0.2) is 0 Å². The van der Waals surface area contributed by atoms with Gasteiger partial charge in [-0.2, -0.15) is 4.31 Å². The van der Waals surface area contributed by atoms with E-state index in [4.69, 9.17) is 15.6 Å². The average Bonchev–Trinajstić information content (AvgIpc) is 3.01. The van der Waals surface area contributed by atoms with Crippen molar-refractivity contribution in [3.63, 3.8) is 0 Å². The summed E-state index contributed by atoms with van der Waals surface area (Å²) in [6, 6.07) is 3.49. The molecule has 1 aliphatic heterocycles. The number of halogens is 2. The fraction of sp³-hybridized carbons (Fsp3) is 0.545. The second-order valence-corrected chi connectivity index (χ2v) is 10.7. The van der Waals surface area contributed by atoms with Gasteiger partial charge in [-0.25, -0.2) is 17.2 Å². The highest BCUT2D eigenvalue weighted by Crippen LogP contribution is 2.51. The third-order valence-corrected chi connectivity index (χ3v) is 8.26. The van der Waals surface area contributed by atoms with Gasteiger partial charge in [-0.15, -0.1) is 0 Å². The predicted octanol–water partition coefficient (Wildman–Crippen LogP) is 3.52. The van der Waals surface area contributed by atoms with Crippen molar-refractivity contribution < 1.29 is 21.9 Å². The summed E-state index contributed by atoms with van der Waals surface area (Å²) >= 11 is 0. The lowest BCUT2D eigenvalue weighted by atomic mass is 9.64. The van der Waals surface area contributed by atoms with Crippen LogP contribution < -0.4 is 0 Å². The van der Waals surface area contributed by atoms with Gasteiger partial charge in [-0.3, -0.25) is 0 Å². The van der Waals surface area contributed by atoms with Crippen molar-refractivity contribution in [2.24, 2.45) is 11.3 Å². The van der Waals surface area contributed by atoms with Gasteiger partial charge in [0, 0.05) is 24.2 Å². The van der Waals surface area contributed by atoms with Gasteiger partial charge in [-0.1, -0.05) is 12.5 Å². The molecule has 0 amide bonds. The molecule has 0 aromatic heterocycles. The van der Waals surface area contributed by atoms with Gasteiger partial charge < -0.3 is 15.6 Å². The molecule has 0 spiro atoms. The Hall–Kier alpha value is -1.97. The Morgan fingerprint density at radius 1 is 1.26 bits per heavy atom. The molecule has 9 heteroatoms. The van der Waals surface area contributed by atoms with Crippen molar-refractivity contribution >= 4 is 21.4 Å². The van der Waals surface area contributed by atoms with Gasteiger partial charge in [0.05, 0.1) is 30.2 Å². The molecule has 3 aliphatic carbocycles. The summed E-state index contributed by atoms with van der Waals surface area (Å²) in [5.74, 6) is -1.56. The number of nitrogens with one attached hydrogen (secondary N) is 2. The van der Waals surface area contributed by atoms with Crippen LogP contribution in [0.15, 0.2) is 29.8 Å². The van der Waals surface area contributed by atoms with E-state index in [2.05, 4.69) is 0 Å². The number of rotatable bonds is 4. The van der Waals surface area contributed by atoms with E-state index in [9.17, 15) is 17.2 Å². The summed E-state index contributed by atoms with van der Waals surface area (Å²) in [5, 5.41) is 17.4. The summed E-state index contributed by atoms with van der Waals surface area (Å²) in [6.45, 7) is 0.755. The molecule has 3 atom stereocenters. The van der Waals surface area contributed by atoms with Crippen molar-refractivity contribution in [1.29, 1.82) is 10.8 Å². The smallest absolute Gasteiger partial charge is 0.211 e. The highest BCUT2D eigenvalue weighted by Gasteiger charge is 2.52. The largest absolute Gasteiger partial charge is 0.374 e. The van der Waals surface area contributed by atoms with Crippen molar-refractivity contribution in [1.82, 2.24) is 4.31 Å². The molecular weight excluding hydrogens is 424 g/mol. The SMILES string of the molecule is CS(=O)(=O)N1CCO[C@H]([C@@]23CCC[C@@H](CC2)/C(=C/C(=N)c2c(F)cccc2F)C3=N)C1. The zero-order valence-corrected chi connectivity index (χ0v) is 18.3. The minimum atomic E-state index is -3.37. The predicted molar refractivity (Wildman–Crippen MR) is 114 cm³/mol. The first-order valence-electron chi connectivity index (χ1n) is 10.5. The Labute approximate surface area is 181 Å². The molecule has 1 aromatic carbocycles. The van der Waals surface area contributed by atoms with E-state index in [1.165, 1.54) is 22.7 Å². The molecule has 1 aromatic rings. The Kier molecular flexibility index (Phi) is 5.87. The van der Waals surface area contributed by atoms with Crippen molar-refractivity contribution in [3.8, 4) is 0 Å². The van der Waals surface area contributed by atoms with E-state index in [0.717, 1.165) is 31.4 Å². The second-order valence-electron chi connectivity index (χ2n) is 8.75. The Morgan fingerprint density at radius 2 is 1.97 bits per heavy atom. The molecule has 6 nitrogen and oxygen atoms in total. The monoisotopic (exact) mass is 451 g/mol. The molecule has 0 unspecified atom stereocenters. The van der Waals surface area contributed by atoms with Gasteiger partial charge in [0.1, 0.15) is 11.6 Å². The standard InChI is InChI=1S/C22H27F2N3O3S/c1-31(28,29)27-10-11-30-19(13-27)22-8-3-4-14(7-9-22)15(21(22)26)12-18(25)20-16(23)5-2-6-17(20)24/h2,5-6,12,14,19,25-26H,3-4,7-11,13H2,1H3/b15-12-,25-18?,26-21?/t14-,19-,22+/m0/s1. The second kappa shape index (κ2) is 8.18. The van der Waals surface area contributed by atoms with E-state index in [0.29, 0.717) is 30.7 Å². The lowest BCUT2D eigenvalue weighted by molar-refractivity contribution is -0.0597. The van der Waals surface area contributed by atoms with Gasteiger partial charge in [0.2, 0.25) is 10.0 Å². The number of hydrogen-bond acceptors (Lipinski definition) is 5. The molecule has 4 fully saturated rings. The number of allylic oxidation sites excluding steroid dienone is 2. The van der Waals surface area contributed by atoms with E-state index in [1.54, 1.807) is 0 Å². The normalized spacial score (nSPS) is 31.1.